The molecule has 0 fully saturated rings. The number of nitrogens with one attached hydrogen (secondary N) is 3. The molecule has 1 heterocycles. The third-order valence-electron chi connectivity index (χ3n) is 5.66. The molecule has 228 valence electrons. The van der Waals surface area contributed by atoms with E-state index in [1.54, 1.807) is 6.20 Å². The fourth-order valence-corrected chi connectivity index (χ4v) is 3.44. The van der Waals surface area contributed by atoms with Gasteiger partial charge in [-0.2, -0.15) is 0 Å². The molecule has 0 radical (unpaired) electrons. The number of imidazole rings is 1. The summed E-state index contributed by atoms with van der Waals surface area (Å²) in [7, 11) is 0. The fourth-order valence-electron chi connectivity index (χ4n) is 3.44. The summed E-state index contributed by atoms with van der Waals surface area (Å²) in [5, 5.41) is 14.9. The number of rotatable bonds is 27. The van der Waals surface area contributed by atoms with E-state index in [9.17, 15) is 24.3 Å². The monoisotopic (exact) mass is 571 g/mol. The van der Waals surface area contributed by atoms with Crippen LogP contribution in [-0.4, -0.2) is 117 Å². The predicted molar refractivity (Wildman–Crippen MR) is 145 cm³/mol. The highest BCUT2D eigenvalue weighted by molar-refractivity contribution is 5.86. The highest BCUT2D eigenvalue weighted by atomic mass is 16.5. The molecular weight excluding hydrogens is 526 g/mol. The first-order valence-electron chi connectivity index (χ1n) is 13.6. The lowest BCUT2D eigenvalue weighted by atomic mass is 10.1. The number of carbonyl (C=O) groups excluding carboxylic acids is 3. The minimum atomic E-state index is -1.05. The SMILES string of the molecule is CCOCCOCC(=O)CCCOCCOCC(=O)NCCCC[C@H](NCC(=O)[C@@H](N)Cc1cnc[nH]1)C(=O)O. The Labute approximate surface area is 235 Å². The summed E-state index contributed by atoms with van der Waals surface area (Å²) in [6.07, 6.45) is 5.75. The van der Waals surface area contributed by atoms with Crippen LogP contribution in [0.2, 0.25) is 0 Å². The zero-order valence-electron chi connectivity index (χ0n) is 23.4. The average Bonchev–Trinajstić information content (AvgIpc) is 3.44. The quantitative estimate of drug-likeness (QED) is 0.0857. The lowest BCUT2D eigenvalue weighted by Crippen LogP contribution is -2.45. The summed E-state index contributed by atoms with van der Waals surface area (Å²) in [4.78, 5) is 54.0. The Balaban J connectivity index is 1.99. The van der Waals surface area contributed by atoms with E-state index >= 15 is 0 Å². The van der Waals surface area contributed by atoms with Gasteiger partial charge in [0.2, 0.25) is 5.91 Å². The van der Waals surface area contributed by atoms with Crippen molar-refractivity contribution in [2.75, 3.05) is 65.9 Å². The van der Waals surface area contributed by atoms with Gasteiger partial charge >= 0.3 is 5.97 Å². The maximum Gasteiger partial charge on any atom is 0.320 e. The molecule has 0 aromatic carbocycles. The molecule has 6 N–H and O–H groups in total. The molecule has 1 amide bonds. The maximum absolute atomic E-state index is 12.2. The van der Waals surface area contributed by atoms with Crippen LogP contribution in [-0.2, 0) is 44.5 Å². The maximum atomic E-state index is 12.2. The lowest BCUT2D eigenvalue weighted by Gasteiger charge is -2.16. The van der Waals surface area contributed by atoms with E-state index in [1.807, 2.05) is 6.92 Å². The van der Waals surface area contributed by atoms with Crippen molar-refractivity contribution in [3.63, 3.8) is 0 Å². The van der Waals surface area contributed by atoms with E-state index in [-0.39, 0.29) is 43.8 Å². The average molecular weight is 572 g/mol. The number of aliphatic carboxylic acids is 1. The molecule has 14 heteroatoms. The molecule has 0 spiro atoms. The Morgan fingerprint density at radius 1 is 1.00 bits per heavy atom. The number of H-pyrrole nitrogens is 1. The highest BCUT2D eigenvalue weighted by Gasteiger charge is 2.20. The van der Waals surface area contributed by atoms with E-state index in [0.717, 1.165) is 5.69 Å². The van der Waals surface area contributed by atoms with Gasteiger partial charge in [-0.15, -0.1) is 0 Å². The van der Waals surface area contributed by atoms with Crippen LogP contribution in [0.5, 0.6) is 0 Å². The number of aromatic amines is 1. The number of hydrogen-bond donors (Lipinski definition) is 5. The second-order valence-electron chi connectivity index (χ2n) is 9.03. The molecule has 40 heavy (non-hydrogen) atoms. The summed E-state index contributed by atoms with van der Waals surface area (Å²) >= 11 is 0. The number of carboxylic acids is 1. The first-order valence-corrected chi connectivity index (χ1v) is 13.6. The van der Waals surface area contributed by atoms with Crippen molar-refractivity contribution in [2.45, 2.75) is 57.5 Å². The van der Waals surface area contributed by atoms with E-state index in [2.05, 4.69) is 20.6 Å². The Morgan fingerprint density at radius 3 is 2.42 bits per heavy atom. The zero-order chi connectivity index (χ0) is 29.4. The number of aromatic nitrogens is 2. The largest absolute Gasteiger partial charge is 0.480 e. The van der Waals surface area contributed by atoms with Crippen LogP contribution in [0, 0.1) is 0 Å². The number of nitrogens with two attached hydrogens (primary N) is 1. The van der Waals surface area contributed by atoms with Gasteiger partial charge in [0.1, 0.15) is 19.3 Å². The van der Waals surface area contributed by atoms with Gasteiger partial charge in [0.05, 0.1) is 45.3 Å². The molecule has 2 atom stereocenters. The normalized spacial score (nSPS) is 12.7. The van der Waals surface area contributed by atoms with Crippen molar-refractivity contribution < 1.29 is 43.2 Å². The molecule has 0 unspecified atom stereocenters. The van der Waals surface area contributed by atoms with Gasteiger partial charge in [-0.1, -0.05) is 0 Å². The first-order chi connectivity index (χ1) is 19.3. The Kier molecular flexibility index (Phi) is 20.3. The fraction of sp³-hybridized carbons (Fsp3) is 0.731. The smallest absolute Gasteiger partial charge is 0.320 e. The number of carboxylic acid groups (broad SMARTS) is 1. The number of unbranched alkanes of at least 4 members (excludes halogenated alkanes) is 1. The third-order valence-corrected chi connectivity index (χ3v) is 5.66. The van der Waals surface area contributed by atoms with E-state index in [1.165, 1.54) is 6.33 Å². The summed E-state index contributed by atoms with van der Waals surface area (Å²) in [6.45, 7) is 4.57. The summed E-state index contributed by atoms with van der Waals surface area (Å²) in [6, 6.07) is -1.65. The number of hydrogen-bond acceptors (Lipinski definition) is 11. The summed E-state index contributed by atoms with van der Waals surface area (Å²) < 4.78 is 21.0. The molecule has 1 rings (SSSR count). The zero-order valence-corrected chi connectivity index (χ0v) is 23.4. The minimum Gasteiger partial charge on any atom is -0.480 e. The molecule has 0 saturated heterocycles. The van der Waals surface area contributed by atoms with Gasteiger partial charge in [-0.05, 0) is 32.6 Å². The molecule has 0 aliphatic carbocycles. The second kappa shape index (κ2) is 23.0. The van der Waals surface area contributed by atoms with Crippen LogP contribution in [0.15, 0.2) is 12.5 Å². The molecule has 14 nitrogen and oxygen atoms in total. The number of Topliss-reactive ketones (excluding diaryl/α,β-unsaturated/α-hetero) is 2. The topological polar surface area (TPSA) is 204 Å². The first kappa shape index (κ1) is 35.3. The van der Waals surface area contributed by atoms with E-state index in [0.29, 0.717) is 78.1 Å². The van der Waals surface area contributed by atoms with Crippen LogP contribution < -0.4 is 16.4 Å². The Morgan fingerprint density at radius 2 is 1.73 bits per heavy atom. The molecule has 1 aromatic heterocycles. The van der Waals surface area contributed by atoms with Crippen LogP contribution in [0.25, 0.3) is 0 Å². The standard InChI is InChI=1S/C26H45N5O9/c1-2-37-10-12-39-17-21(32)6-5-9-38-11-13-40-18-25(34)29-8-4-3-7-23(26(35)36)30-16-24(33)22(27)14-20-15-28-19-31-20/h15,19,22-23,30H,2-14,16-18,27H2,1H3,(H,28,31)(H,29,34)(H,35,36)/t22-,23-/m0/s1. The van der Waals surface area contributed by atoms with Gasteiger partial charge in [-0.25, -0.2) is 4.98 Å². The molecule has 0 bridgehead atoms. The minimum absolute atomic E-state index is 0.0137. The molecule has 0 aliphatic heterocycles. The second-order valence-corrected chi connectivity index (χ2v) is 9.03. The van der Waals surface area contributed by atoms with Crippen molar-refractivity contribution in [1.82, 2.24) is 20.6 Å². The van der Waals surface area contributed by atoms with Crippen molar-refractivity contribution >= 4 is 23.4 Å². The Bertz CT molecular complexity index is 839. The number of nitrogens with zero attached hydrogens (tertiary/aromatic N) is 1. The predicted octanol–water partition coefficient (Wildman–Crippen LogP) is -0.386. The number of amides is 1. The third kappa shape index (κ3) is 18.5. The number of ketones is 2. The van der Waals surface area contributed by atoms with Gasteiger partial charge in [0.25, 0.3) is 0 Å². The molecule has 0 aliphatic rings. The number of ether oxygens (including phenoxy) is 4. The van der Waals surface area contributed by atoms with Crippen molar-refractivity contribution in [2.24, 2.45) is 5.73 Å². The van der Waals surface area contributed by atoms with Crippen LogP contribution in [0.4, 0.5) is 0 Å². The van der Waals surface area contributed by atoms with Crippen molar-refractivity contribution in [3.05, 3.63) is 18.2 Å². The molecular formula is C26H45N5O9. The number of carbonyl (C=O) groups is 4. The van der Waals surface area contributed by atoms with Gasteiger partial charge in [0, 0.05) is 44.5 Å². The molecule has 0 saturated carbocycles. The highest BCUT2D eigenvalue weighted by Crippen LogP contribution is 2.02. The van der Waals surface area contributed by atoms with Crippen molar-refractivity contribution in [3.8, 4) is 0 Å². The van der Waals surface area contributed by atoms with Crippen LogP contribution in [0.1, 0.15) is 44.7 Å². The molecule has 1 aromatic rings. The Hall–Kier alpha value is -2.75. The van der Waals surface area contributed by atoms with Crippen molar-refractivity contribution in [1.29, 1.82) is 0 Å². The van der Waals surface area contributed by atoms with Crippen LogP contribution >= 0.6 is 0 Å². The summed E-state index contributed by atoms with van der Waals surface area (Å²) in [5.74, 6) is -1.61. The summed E-state index contributed by atoms with van der Waals surface area (Å²) in [5.41, 5.74) is 6.61. The van der Waals surface area contributed by atoms with Gasteiger partial charge in [-0.3, -0.25) is 24.5 Å². The van der Waals surface area contributed by atoms with Crippen LogP contribution in [0.3, 0.4) is 0 Å². The van der Waals surface area contributed by atoms with Gasteiger partial charge < -0.3 is 40.1 Å². The van der Waals surface area contributed by atoms with E-state index in [4.69, 9.17) is 24.7 Å². The lowest BCUT2D eigenvalue weighted by molar-refractivity contribution is -0.139. The van der Waals surface area contributed by atoms with Gasteiger partial charge in [0.15, 0.2) is 11.6 Å². The van der Waals surface area contributed by atoms with E-state index < -0.39 is 18.1 Å².